The Balaban J connectivity index is 1.98. The van der Waals surface area contributed by atoms with Gasteiger partial charge in [0, 0.05) is 18.2 Å². The van der Waals surface area contributed by atoms with Crippen molar-refractivity contribution in [2.24, 2.45) is 0 Å². The zero-order valence-electron chi connectivity index (χ0n) is 12.5. The number of aliphatic hydroxyl groups excluding tert-OH is 1. The normalized spacial score (nSPS) is 17.0. The van der Waals surface area contributed by atoms with Gasteiger partial charge in [-0.3, -0.25) is 4.90 Å². The van der Waals surface area contributed by atoms with E-state index in [4.69, 9.17) is 5.11 Å². The average Bonchev–Trinajstić information content (AvgIpc) is 2.47. The highest BCUT2D eigenvalue weighted by Crippen LogP contribution is 2.18. The van der Waals surface area contributed by atoms with E-state index in [1.54, 1.807) is 0 Å². The molecule has 0 spiro atoms. The van der Waals surface area contributed by atoms with E-state index in [0.717, 1.165) is 31.2 Å². The van der Waals surface area contributed by atoms with E-state index in [9.17, 15) is 0 Å². The van der Waals surface area contributed by atoms with Crippen LogP contribution in [0.4, 0.5) is 0 Å². The Kier molecular flexibility index (Phi) is 5.60. The summed E-state index contributed by atoms with van der Waals surface area (Å²) in [5, 5.41) is 8.83. The standard InChI is InChI=1S/C17H24N2O/c1-18(2)17-9-11-19(12-10-17)14-16-7-4-3-6-15(16)8-5-13-20/h3-4,6-7,17,20H,9-14H2,1-2H3. The predicted molar refractivity (Wildman–Crippen MR) is 82.4 cm³/mol. The zero-order chi connectivity index (χ0) is 14.4. The molecule has 0 atom stereocenters. The molecule has 0 unspecified atom stereocenters. The van der Waals surface area contributed by atoms with Crippen molar-refractivity contribution in [1.82, 2.24) is 9.80 Å². The molecule has 0 amide bonds. The van der Waals surface area contributed by atoms with Crippen LogP contribution >= 0.6 is 0 Å². The van der Waals surface area contributed by atoms with Gasteiger partial charge in [-0.25, -0.2) is 0 Å². The van der Waals surface area contributed by atoms with Crippen LogP contribution in [0.25, 0.3) is 0 Å². The predicted octanol–water partition coefficient (Wildman–Crippen LogP) is 1.56. The van der Waals surface area contributed by atoms with Gasteiger partial charge in [0.05, 0.1) is 0 Å². The Bertz CT molecular complexity index is 479. The van der Waals surface area contributed by atoms with E-state index in [0.29, 0.717) is 0 Å². The van der Waals surface area contributed by atoms with Crippen molar-refractivity contribution >= 4 is 0 Å². The number of nitrogens with zero attached hydrogens (tertiary/aromatic N) is 2. The number of hydrogen-bond donors (Lipinski definition) is 1. The summed E-state index contributed by atoms with van der Waals surface area (Å²) < 4.78 is 0. The highest BCUT2D eigenvalue weighted by molar-refractivity contribution is 5.41. The smallest absolute Gasteiger partial charge is 0.104 e. The van der Waals surface area contributed by atoms with E-state index in [2.05, 4.69) is 47.9 Å². The molecule has 108 valence electrons. The van der Waals surface area contributed by atoms with Gasteiger partial charge in [0.25, 0.3) is 0 Å². The molecule has 1 fully saturated rings. The van der Waals surface area contributed by atoms with Gasteiger partial charge >= 0.3 is 0 Å². The van der Waals surface area contributed by atoms with Crippen molar-refractivity contribution in [3.63, 3.8) is 0 Å². The Morgan fingerprint density at radius 3 is 2.60 bits per heavy atom. The molecule has 0 radical (unpaired) electrons. The molecule has 1 aliphatic rings. The summed E-state index contributed by atoms with van der Waals surface area (Å²) in [4.78, 5) is 4.83. The molecule has 0 aromatic heterocycles. The summed E-state index contributed by atoms with van der Waals surface area (Å²) in [5.74, 6) is 5.79. The Hall–Kier alpha value is -1.34. The van der Waals surface area contributed by atoms with Crippen LogP contribution in [0.15, 0.2) is 24.3 Å². The molecule has 1 heterocycles. The third kappa shape index (κ3) is 4.08. The molecular formula is C17H24N2O. The maximum atomic E-state index is 8.83. The van der Waals surface area contributed by atoms with E-state index in [-0.39, 0.29) is 6.61 Å². The summed E-state index contributed by atoms with van der Waals surface area (Å²) in [7, 11) is 4.33. The van der Waals surface area contributed by atoms with Gasteiger partial charge in [-0.1, -0.05) is 30.0 Å². The summed E-state index contributed by atoms with van der Waals surface area (Å²) in [6.45, 7) is 3.16. The molecule has 0 aliphatic carbocycles. The van der Waals surface area contributed by atoms with Gasteiger partial charge < -0.3 is 10.0 Å². The highest BCUT2D eigenvalue weighted by Gasteiger charge is 2.20. The molecule has 1 aromatic rings. The van der Waals surface area contributed by atoms with Crippen molar-refractivity contribution in [3.8, 4) is 11.8 Å². The topological polar surface area (TPSA) is 26.7 Å². The Morgan fingerprint density at radius 1 is 1.25 bits per heavy atom. The van der Waals surface area contributed by atoms with Crippen molar-refractivity contribution in [2.75, 3.05) is 33.8 Å². The molecule has 1 aliphatic heterocycles. The first kappa shape index (κ1) is 15.1. The minimum atomic E-state index is -0.0808. The molecular weight excluding hydrogens is 248 g/mol. The number of hydrogen-bond acceptors (Lipinski definition) is 3. The SMILES string of the molecule is CN(C)C1CCN(Cc2ccccc2C#CCO)CC1. The molecule has 2 rings (SSSR count). The largest absolute Gasteiger partial charge is 0.384 e. The first-order valence-corrected chi connectivity index (χ1v) is 7.27. The maximum absolute atomic E-state index is 8.83. The van der Waals surface area contributed by atoms with Gasteiger partial charge in [-0.05, 0) is 51.7 Å². The molecule has 1 N–H and O–H groups in total. The second kappa shape index (κ2) is 7.44. The van der Waals surface area contributed by atoms with Crippen LogP contribution < -0.4 is 0 Å². The highest BCUT2D eigenvalue weighted by atomic mass is 16.2. The fourth-order valence-corrected chi connectivity index (χ4v) is 2.75. The second-order valence-corrected chi connectivity index (χ2v) is 5.59. The third-order valence-corrected chi connectivity index (χ3v) is 4.00. The van der Waals surface area contributed by atoms with Crippen LogP contribution in [0.1, 0.15) is 24.0 Å². The molecule has 1 aromatic carbocycles. The van der Waals surface area contributed by atoms with Crippen molar-refractivity contribution in [2.45, 2.75) is 25.4 Å². The minimum absolute atomic E-state index is 0.0808. The lowest BCUT2D eigenvalue weighted by Crippen LogP contribution is -2.41. The summed E-state index contributed by atoms with van der Waals surface area (Å²) in [6.07, 6.45) is 2.47. The van der Waals surface area contributed by atoms with Gasteiger partial charge in [0.1, 0.15) is 6.61 Å². The Morgan fingerprint density at radius 2 is 1.95 bits per heavy atom. The fraction of sp³-hybridized carbons (Fsp3) is 0.529. The third-order valence-electron chi connectivity index (χ3n) is 4.00. The number of benzene rings is 1. The molecule has 1 saturated heterocycles. The molecule has 20 heavy (non-hydrogen) atoms. The Labute approximate surface area is 122 Å². The van der Waals surface area contributed by atoms with E-state index in [1.165, 1.54) is 18.4 Å². The quantitative estimate of drug-likeness (QED) is 0.846. The van der Waals surface area contributed by atoms with E-state index >= 15 is 0 Å². The maximum Gasteiger partial charge on any atom is 0.104 e. The van der Waals surface area contributed by atoms with Crippen molar-refractivity contribution in [1.29, 1.82) is 0 Å². The average molecular weight is 272 g/mol. The van der Waals surface area contributed by atoms with Crippen LogP contribution in [-0.4, -0.2) is 54.7 Å². The van der Waals surface area contributed by atoms with Crippen molar-refractivity contribution in [3.05, 3.63) is 35.4 Å². The van der Waals surface area contributed by atoms with Crippen molar-refractivity contribution < 1.29 is 5.11 Å². The number of rotatable bonds is 3. The number of piperidine rings is 1. The van der Waals surface area contributed by atoms with Crippen LogP contribution in [0.5, 0.6) is 0 Å². The first-order chi connectivity index (χ1) is 9.70. The van der Waals surface area contributed by atoms with Gasteiger partial charge in [-0.2, -0.15) is 0 Å². The van der Waals surface area contributed by atoms with E-state index in [1.807, 2.05) is 12.1 Å². The number of likely N-dealkylation sites (tertiary alicyclic amines) is 1. The molecule has 3 heteroatoms. The van der Waals surface area contributed by atoms with Gasteiger partial charge in [-0.15, -0.1) is 0 Å². The molecule has 3 nitrogen and oxygen atoms in total. The van der Waals surface area contributed by atoms with Crippen LogP contribution in [0.3, 0.4) is 0 Å². The summed E-state index contributed by atoms with van der Waals surface area (Å²) in [5.41, 5.74) is 2.30. The fourth-order valence-electron chi connectivity index (χ4n) is 2.75. The van der Waals surface area contributed by atoms with Gasteiger partial charge in [0.15, 0.2) is 0 Å². The monoisotopic (exact) mass is 272 g/mol. The van der Waals surface area contributed by atoms with Crippen LogP contribution in [0, 0.1) is 11.8 Å². The minimum Gasteiger partial charge on any atom is -0.384 e. The van der Waals surface area contributed by atoms with Gasteiger partial charge in [0.2, 0.25) is 0 Å². The lowest BCUT2D eigenvalue weighted by Gasteiger charge is -2.35. The van der Waals surface area contributed by atoms with Crippen LogP contribution in [-0.2, 0) is 6.54 Å². The lowest BCUT2D eigenvalue weighted by molar-refractivity contribution is 0.140. The first-order valence-electron chi connectivity index (χ1n) is 7.27. The summed E-state index contributed by atoms with van der Waals surface area (Å²) in [6, 6.07) is 8.95. The zero-order valence-corrected chi connectivity index (χ0v) is 12.5. The van der Waals surface area contributed by atoms with Crippen LogP contribution in [0.2, 0.25) is 0 Å². The lowest BCUT2D eigenvalue weighted by atomic mass is 10.0. The van der Waals surface area contributed by atoms with E-state index < -0.39 is 0 Å². The second-order valence-electron chi connectivity index (χ2n) is 5.59. The molecule has 0 bridgehead atoms. The molecule has 0 saturated carbocycles. The summed E-state index contributed by atoms with van der Waals surface area (Å²) >= 11 is 0. The number of aliphatic hydroxyl groups is 1.